The highest BCUT2D eigenvalue weighted by molar-refractivity contribution is 6.10. The summed E-state index contributed by atoms with van der Waals surface area (Å²) in [6, 6.07) is 14.5. The monoisotopic (exact) mass is 553 g/mol. The van der Waals surface area contributed by atoms with Gasteiger partial charge in [0.25, 0.3) is 5.91 Å². The number of alkyl halides is 1. The first-order valence-corrected chi connectivity index (χ1v) is 13.5. The second kappa shape index (κ2) is 10.2. The molecule has 2 aliphatic rings. The normalized spacial score (nSPS) is 14.8. The van der Waals surface area contributed by atoms with E-state index in [1.165, 1.54) is 24.8 Å². The molecule has 3 heterocycles. The molecule has 10 heteroatoms. The number of halogens is 2. The molecule has 1 aliphatic carbocycles. The molecule has 1 aliphatic heterocycles. The Morgan fingerprint density at radius 1 is 1.12 bits per heavy atom. The van der Waals surface area contributed by atoms with Crippen molar-refractivity contribution in [3.8, 4) is 28.6 Å². The molecule has 1 N–H and O–H groups in total. The summed E-state index contributed by atoms with van der Waals surface area (Å²) < 4.78 is 30.9. The second-order valence-corrected chi connectivity index (χ2v) is 11.4. The number of fused-ring (bicyclic) bond motifs is 1. The number of nitrogens with one attached hydrogen (secondary N) is 1. The molecule has 0 bridgehead atoms. The lowest BCUT2D eigenvalue weighted by molar-refractivity contribution is 0.0995. The van der Waals surface area contributed by atoms with Gasteiger partial charge >= 0.3 is 0 Å². The molecule has 0 saturated heterocycles. The molecule has 0 spiro atoms. The molecule has 208 valence electrons. The van der Waals surface area contributed by atoms with Crippen LogP contribution in [0.3, 0.4) is 0 Å². The fourth-order valence-corrected chi connectivity index (χ4v) is 5.21. The van der Waals surface area contributed by atoms with Crippen LogP contribution in [0.15, 0.2) is 48.8 Å². The maximum atomic E-state index is 15.2. The zero-order valence-corrected chi connectivity index (χ0v) is 23.1. The van der Waals surface area contributed by atoms with Crippen LogP contribution in [0.4, 0.5) is 14.6 Å². The van der Waals surface area contributed by atoms with Crippen LogP contribution in [0.5, 0.6) is 0 Å². The van der Waals surface area contributed by atoms with Gasteiger partial charge in [0.1, 0.15) is 23.6 Å². The van der Waals surface area contributed by atoms with Gasteiger partial charge in [-0.15, -0.1) is 10.2 Å². The first kappa shape index (κ1) is 26.7. The minimum Gasteiger partial charge on any atom is -0.317 e. The van der Waals surface area contributed by atoms with E-state index in [0.29, 0.717) is 39.8 Å². The maximum Gasteiger partial charge on any atom is 0.260 e. The van der Waals surface area contributed by atoms with Gasteiger partial charge < -0.3 is 9.88 Å². The Balaban J connectivity index is 1.38. The summed E-state index contributed by atoms with van der Waals surface area (Å²) in [5.74, 6) is 0.542. The van der Waals surface area contributed by atoms with Crippen LogP contribution in [-0.4, -0.2) is 37.9 Å². The molecule has 0 unspecified atom stereocenters. The van der Waals surface area contributed by atoms with Crippen LogP contribution in [0, 0.1) is 17.1 Å². The third kappa shape index (κ3) is 5.33. The maximum absolute atomic E-state index is 15.2. The van der Waals surface area contributed by atoms with Crippen molar-refractivity contribution in [1.29, 1.82) is 5.26 Å². The Hall–Kier alpha value is -4.49. The number of pyridine rings is 1. The molecule has 0 radical (unpaired) electrons. The average molecular weight is 554 g/mol. The van der Waals surface area contributed by atoms with Crippen LogP contribution in [0.2, 0.25) is 0 Å². The molecule has 2 aromatic heterocycles. The molecule has 2 aromatic carbocycles. The fourth-order valence-electron chi connectivity index (χ4n) is 5.21. The van der Waals surface area contributed by atoms with Crippen molar-refractivity contribution in [3.63, 3.8) is 0 Å². The smallest absolute Gasteiger partial charge is 0.260 e. The van der Waals surface area contributed by atoms with Crippen LogP contribution in [0.25, 0.3) is 22.5 Å². The quantitative estimate of drug-likeness (QED) is 0.312. The van der Waals surface area contributed by atoms with Gasteiger partial charge in [-0.05, 0) is 79.8 Å². The van der Waals surface area contributed by atoms with Crippen molar-refractivity contribution in [2.75, 3.05) is 11.4 Å². The van der Waals surface area contributed by atoms with Crippen molar-refractivity contribution >= 4 is 11.7 Å². The van der Waals surface area contributed by atoms with E-state index in [9.17, 15) is 14.4 Å². The number of hydrogen-bond acceptors (Lipinski definition) is 6. The summed E-state index contributed by atoms with van der Waals surface area (Å²) in [7, 11) is 1.84. The van der Waals surface area contributed by atoms with Crippen molar-refractivity contribution in [2.45, 2.75) is 51.4 Å². The van der Waals surface area contributed by atoms with E-state index in [4.69, 9.17) is 4.98 Å². The van der Waals surface area contributed by atoms with Crippen LogP contribution < -0.4 is 10.2 Å². The standard InChI is InChI=1S/C31H29F2N7O/c1-31(2,33)16-35-14-19-9-24-25(26(32)10-19)15-40(30(24)41)28-12-21(11-27(37-28)20-5-6-20)22-7-4-18(13-34)8-23(22)29-38-36-17-39(29)3/h4,7-12,17,20,35H,5-6,14-16H2,1-3H3. The molecule has 41 heavy (non-hydrogen) atoms. The number of aryl methyl sites for hydroxylation is 1. The Morgan fingerprint density at radius 2 is 1.93 bits per heavy atom. The average Bonchev–Trinajstić information content (AvgIpc) is 3.62. The van der Waals surface area contributed by atoms with Crippen LogP contribution in [-0.2, 0) is 20.1 Å². The van der Waals surface area contributed by atoms with Crippen molar-refractivity contribution < 1.29 is 13.6 Å². The van der Waals surface area contributed by atoms with Gasteiger partial charge in [0, 0.05) is 48.4 Å². The molecule has 8 nitrogen and oxygen atoms in total. The number of anilines is 1. The van der Waals surface area contributed by atoms with Crippen LogP contribution in [0.1, 0.15) is 65.3 Å². The number of carbonyl (C=O) groups is 1. The van der Waals surface area contributed by atoms with Crippen molar-refractivity contribution in [1.82, 2.24) is 25.1 Å². The zero-order chi connectivity index (χ0) is 28.9. The molecule has 6 rings (SSSR count). The number of carbonyl (C=O) groups excluding carboxylic acids is 1. The fraction of sp³-hybridized carbons (Fsp3) is 0.323. The number of hydrogen-bond donors (Lipinski definition) is 1. The summed E-state index contributed by atoms with van der Waals surface area (Å²) in [4.78, 5) is 20.0. The molecular formula is C31H29F2N7O. The van der Waals surface area contributed by atoms with Gasteiger partial charge in [-0.3, -0.25) is 9.69 Å². The largest absolute Gasteiger partial charge is 0.317 e. The Labute approximate surface area is 236 Å². The third-order valence-corrected chi connectivity index (χ3v) is 7.44. The molecule has 1 fully saturated rings. The highest BCUT2D eigenvalue weighted by Crippen LogP contribution is 2.43. The third-order valence-electron chi connectivity index (χ3n) is 7.44. The van der Waals surface area contributed by atoms with Crippen molar-refractivity contribution in [3.05, 3.63) is 82.6 Å². The van der Waals surface area contributed by atoms with Gasteiger partial charge in [0.15, 0.2) is 5.82 Å². The summed E-state index contributed by atoms with van der Waals surface area (Å²) in [6.45, 7) is 3.35. The predicted octanol–water partition coefficient (Wildman–Crippen LogP) is 5.43. The first-order chi connectivity index (χ1) is 19.6. The topological polar surface area (TPSA) is 99.7 Å². The number of amides is 1. The number of nitrogens with zero attached hydrogens (tertiary/aromatic N) is 6. The Morgan fingerprint density at radius 3 is 2.61 bits per heavy atom. The number of benzene rings is 2. The van der Waals surface area contributed by atoms with E-state index in [-0.39, 0.29) is 25.5 Å². The van der Waals surface area contributed by atoms with E-state index in [2.05, 4.69) is 21.6 Å². The number of rotatable bonds is 8. The van der Waals surface area contributed by atoms with E-state index >= 15 is 4.39 Å². The second-order valence-electron chi connectivity index (χ2n) is 11.4. The minimum atomic E-state index is -1.40. The minimum absolute atomic E-state index is 0.0648. The van der Waals surface area contributed by atoms with E-state index in [0.717, 1.165) is 35.2 Å². The summed E-state index contributed by atoms with van der Waals surface area (Å²) in [5.41, 5.74) is 3.53. The summed E-state index contributed by atoms with van der Waals surface area (Å²) in [6.07, 6.45) is 3.62. The summed E-state index contributed by atoms with van der Waals surface area (Å²) in [5, 5.41) is 20.8. The summed E-state index contributed by atoms with van der Waals surface area (Å²) >= 11 is 0. The van der Waals surface area contributed by atoms with Crippen molar-refractivity contribution in [2.24, 2.45) is 7.05 Å². The Kier molecular flexibility index (Phi) is 6.62. The van der Waals surface area contributed by atoms with Gasteiger partial charge in [-0.25, -0.2) is 13.8 Å². The lowest BCUT2D eigenvalue weighted by Crippen LogP contribution is -2.30. The molecule has 1 amide bonds. The van der Waals surface area contributed by atoms with Gasteiger partial charge in [0.2, 0.25) is 0 Å². The SMILES string of the molecule is Cn1cnnc1-c1cc(C#N)ccc1-c1cc(C2CC2)nc(N2Cc3c(F)cc(CNCC(C)(C)F)cc3C2=O)c1. The van der Waals surface area contributed by atoms with E-state index in [1.54, 1.807) is 29.1 Å². The van der Waals surface area contributed by atoms with E-state index in [1.807, 2.05) is 25.2 Å². The highest BCUT2D eigenvalue weighted by atomic mass is 19.1. The number of aromatic nitrogens is 4. The highest BCUT2D eigenvalue weighted by Gasteiger charge is 2.34. The van der Waals surface area contributed by atoms with Gasteiger partial charge in [0.05, 0.1) is 18.2 Å². The first-order valence-electron chi connectivity index (χ1n) is 13.5. The van der Waals surface area contributed by atoms with Gasteiger partial charge in [-0.1, -0.05) is 6.07 Å². The van der Waals surface area contributed by atoms with E-state index < -0.39 is 11.5 Å². The predicted molar refractivity (Wildman–Crippen MR) is 150 cm³/mol. The van der Waals surface area contributed by atoms with Gasteiger partial charge in [-0.2, -0.15) is 5.26 Å². The Bertz CT molecular complexity index is 1710. The lowest BCUT2D eigenvalue weighted by atomic mass is 9.96. The zero-order valence-electron chi connectivity index (χ0n) is 23.1. The molecule has 4 aromatic rings. The number of nitriles is 1. The molecule has 1 saturated carbocycles. The van der Waals surface area contributed by atoms with Crippen LogP contribution >= 0.6 is 0 Å². The lowest BCUT2D eigenvalue weighted by Gasteiger charge is -2.18. The molecule has 0 atom stereocenters. The molecular weight excluding hydrogens is 524 g/mol.